The maximum atomic E-state index is 13.0. The second kappa shape index (κ2) is 9.25. The highest BCUT2D eigenvalue weighted by Gasteiger charge is 2.65. The van der Waals surface area contributed by atoms with Gasteiger partial charge in [0.15, 0.2) is 6.61 Å². The molecule has 10 heteroatoms. The molecule has 4 atom stereocenters. The topological polar surface area (TPSA) is 108 Å². The van der Waals surface area contributed by atoms with E-state index in [4.69, 9.17) is 14.2 Å². The van der Waals surface area contributed by atoms with Crippen molar-refractivity contribution >= 4 is 17.9 Å². The van der Waals surface area contributed by atoms with Crippen LogP contribution in [0.2, 0.25) is 0 Å². The van der Waals surface area contributed by atoms with Crippen LogP contribution in [0.25, 0.3) is 0 Å². The van der Waals surface area contributed by atoms with Gasteiger partial charge in [0.05, 0.1) is 11.2 Å². The number of alkyl halides is 2. The fourth-order valence-electron chi connectivity index (χ4n) is 7.22. The average molecular weight is 503 g/mol. The summed E-state index contributed by atoms with van der Waals surface area (Å²) in [6.45, 7) is 1.22. The monoisotopic (exact) mass is 502 g/mol. The lowest BCUT2D eigenvalue weighted by molar-refractivity contribution is -0.275. The number of rotatable bonds is 9. The summed E-state index contributed by atoms with van der Waals surface area (Å²) >= 11 is 0. The fraction of sp³-hybridized carbons (Fsp3) is 0.880. The van der Waals surface area contributed by atoms with Gasteiger partial charge in [-0.05, 0) is 57.3 Å². The number of hydrogen-bond donors (Lipinski definition) is 1. The number of carbonyl (C=O) groups excluding carboxylic acids is 3. The molecule has 8 nitrogen and oxygen atoms in total. The summed E-state index contributed by atoms with van der Waals surface area (Å²) in [6.07, 6.45) is 8.07. The molecule has 35 heavy (non-hydrogen) atoms. The normalized spacial score (nSPS) is 35.4. The first-order valence-corrected chi connectivity index (χ1v) is 12.6. The Kier molecular flexibility index (Phi) is 6.94. The Hall–Kier alpha value is -1.81. The van der Waals surface area contributed by atoms with Crippen LogP contribution in [0.3, 0.4) is 0 Å². The maximum absolute atomic E-state index is 13.0. The Morgan fingerprint density at radius 2 is 1.54 bits per heavy atom. The van der Waals surface area contributed by atoms with Crippen LogP contribution in [0.4, 0.5) is 8.78 Å². The summed E-state index contributed by atoms with van der Waals surface area (Å²) in [6, 6.07) is 0. The molecule has 0 heterocycles. The van der Waals surface area contributed by atoms with Gasteiger partial charge in [-0.3, -0.25) is 0 Å². The summed E-state index contributed by atoms with van der Waals surface area (Å²) in [7, 11) is 0. The van der Waals surface area contributed by atoms with E-state index in [1.807, 2.05) is 6.92 Å². The second-order valence-corrected chi connectivity index (χ2v) is 11.4. The molecule has 0 aromatic rings. The van der Waals surface area contributed by atoms with Crippen molar-refractivity contribution in [3.05, 3.63) is 0 Å². The molecule has 0 radical (unpaired) electrons. The second-order valence-electron chi connectivity index (χ2n) is 11.4. The van der Waals surface area contributed by atoms with Gasteiger partial charge in [0.2, 0.25) is 0 Å². The van der Waals surface area contributed by atoms with Crippen molar-refractivity contribution in [2.24, 2.45) is 5.92 Å². The van der Waals surface area contributed by atoms with E-state index in [0.717, 1.165) is 38.5 Å². The molecule has 1 N–H and O–H groups in total. The minimum atomic E-state index is -3.71. The first kappa shape index (κ1) is 26.3. The molecule has 4 bridgehead atoms. The van der Waals surface area contributed by atoms with E-state index in [9.17, 15) is 28.3 Å². The van der Waals surface area contributed by atoms with Crippen molar-refractivity contribution in [3.63, 3.8) is 0 Å². The van der Waals surface area contributed by atoms with Crippen LogP contribution in [0, 0.1) is 5.92 Å². The van der Waals surface area contributed by atoms with Gasteiger partial charge >= 0.3 is 23.8 Å². The molecule has 0 amide bonds. The Bertz CT molecular complexity index is 851. The predicted molar refractivity (Wildman–Crippen MR) is 117 cm³/mol. The Balaban J connectivity index is 1.38. The molecule has 0 aromatic heterocycles. The first-order chi connectivity index (χ1) is 16.3. The summed E-state index contributed by atoms with van der Waals surface area (Å²) in [5.41, 5.74) is -3.48. The van der Waals surface area contributed by atoms with Gasteiger partial charge in [-0.2, -0.15) is 8.78 Å². The van der Waals surface area contributed by atoms with E-state index in [1.165, 1.54) is 0 Å². The van der Waals surface area contributed by atoms with Crippen LogP contribution in [-0.4, -0.2) is 64.6 Å². The zero-order valence-electron chi connectivity index (χ0n) is 20.5. The van der Waals surface area contributed by atoms with Crippen LogP contribution in [0.1, 0.15) is 90.9 Å². The van der Waals surface area contributed by atoms with Crippen LogP contribution in [-0.2, 0) is 33.3 Å². The largest absolute Gasteiger partial charge is 0.457 e. The third-order valence-corrected chi connectivity index (χ3v) is 8.18. The molecule has 0 spiro atoms. The van der Waals surface area contributed by atoms with E-state index in [-0.39, 0.29) is 25.4 Å². The number of carbonyl (C=O) groups is 3. The van der Waals surface area contributed by atoms with Gasteiger partial charge in [0, 0.05) is 26.2 Å². The van der Waals surface area contributed by atoms with E-state index in [0.29, 0.717) is 32.6 Å². The molecule has 5 rings (SSSR count). The van der Waals surface area contributed by atoms with E-state index >= 15 is 0 Å². The van der Waals surface area contributed by atoms with Crippen molar-refractivity contribution in [1.82, 2.24) is 0 Å². The third-order valence-electron chi connectivity index (χ3n) is 8.18. The highest BCUT2D eigenvalue weighted by molar-refractivity contribution is 5.80. The fourth-order valence-corrected chi connectivity index (χ4v) is 7.22. The van der Waals surface area contributed by atoms with Gasteiger partial charge in [-0.15, -0.1) is 0 Å². The van der Waals surface area contributed by atoms with Gasteiger partial charge in [-0.25, -0.2) is 14.4 Å². The van der Waals surface area contributed by atoms with Crippen LogP contribution >= 0.6 is 0 Å². The van der Waals surface area contributed by atoms with Gasteiger partial charge < -0.3 is 24.1 Å². The van der Waals surface area contributed by atoms with E-state index < -0.39 is 52.8 Å². The van der Waals surface area contributed by atoms with Crippen molar-refractivity contribution in [3.8, 4) is 0 Å². The molecular formula is C25H36F2O8. The molecule has 5 aliphatic carbocycles. The van der Waals surface area contributed by atoms with Crippen molar-refractivity contribution in [1.29, 1.82) is 0 Å². The highest BCUT2D eigenvalue weighted by atomic mass is 19.3. The molecule has 5 aliphatic rings. The molecule has 5 fully saturated rings. The van der Waals surface area contributed by atoms with Crippen molar-refractivity contribution < 1.29 is 47.2 Å². The number of esters is 3. The lowest BCUT2D eigenvalue weighted by atomic mass is 9.50. The average Bonchev–Trinajstić information content (AvgIpc) is 2.74. The molecule has 198 valence electrons. The Labute approximate surface area is 204 Å². The zero-order valence-corrected chi connectivity index (χ0v) is 20.5. The van der Waals surface area contributed by atoms with Crippen LogP contribution in [0.5, 0.6) is 0 Å². The minimum absolute atomic E-state index is 0.0166. The van der Waals surface area contributed by atoms with Gasteiger partial charge in [-0.1, -0.05) is 13.3 Å². The van der Waals surface area contributed by atoms with Gasteiger partial charge in [0.1, 0.15) is 17.8 Å². The molecular weight excluding hydrogens is 466 g/mol. The van der Waals surface area contributed by atoms with E-state index in [1.54, 1.807) is 0 Å². The Morgan fingerprint density at radius 1 is 0.914 bits per heavy atom. The van der Waals surface area contributed by atoms with Gasteiger partial charge in [0.25, 0.3) is 0 Å². The van der Waals surface area contributed by atoms with Crippen LogP contribution in [0.15, 0.2) is 0 Å². The van der Waals surface area contributed by atoms with Crippen molar-refractivity contribution in [2.75, 3.05) is 13.2 Å². The van der Waals surface area contributed by atoms with Crippen LogP contribution < -0.4 is 0 Å². The zero-order chi connectivity index (χ0) is 25.5. The summed E-state index contributed by atoms with van der Waals surface area (Å²) in [5, 5.41) is 11.2. The number of hydrogen-bond acceptors (Lipinski definition) is 8. The SMILES string of the molecule is CCC1(OC(=O)COC23CC4CC(O)(C2)CC(OC(=O)COC(=O)C(C)(F)F)(C4)C3)CCCCC1. The summed E-state index contributed by atoms with van der Waals surface area (Å²) < 4.78 is 48.1. The first-order valence-electron chi connectivity index (χ1n) is 12.6. The lowest BCUT2D eigenvalue weighted by Crippen LogP contribution is -2.68. The third kappa shape index (κ3) is 5.79. The minimum Gasteiger partial charge on any atom is -0.457 e. The Morgan fingerprint density at radius 3 is 2.17 bits per heavy atom. The number of ether oxygens (including phenoxy) is 4. The summed E-state index contributed by atoms with van der Waals surface area (Å²) in [5.74, 6) is -6.89. The van der Waals surface area contributed by atoms with E-state index in [2.05, 4.69) is 4.74 Å². The maximum Gasteiger partial charge on any atom is 0.377 e. The lowest BCUT2D eigenvalue weighted by Gasteiger charge is -2.63. The number of halogens is 2. The highest BCUT2D eigenvalue weighted by Crippen LogP contribution is 2.61. The molecule has 0 saturated heterocycles. The summed E-state index contributed by atoms with van der Waals surface area (Å²) in [4.78, 5) is 36.4. The van der Waals surface area contributed by atoms with Crippen molar-refractivity contribution in [2.45, 2.75) is 119 Å². The number of aliphatic hydroxyl groups is 1. The standard InChI is InChI=1S/C25H36F2O8/c1-3-23(7-5-4-6-8-23)34-19(29)13-33-24-10-17-9-22(31,14-24)15-25(11-17,16-24)35-18(28)12-32-20(30)21(2,26)27/h17,31H,3-16H2,1-2H3. The predicted octanol–water partition coefficient (Wildman–Crippen LogP) is 3.61. The smallest absolute Gasteiger partial charge is 0.377 e. The quantitative estimate of drug-likeness (QED) is 0.376. The molecule has 5 saturated carbocycles. The molecule has 4 unspecified atom stereocenters. The molecule has 0 aromatic carbocycles. The molecule has 0 aliphatic heterocycles.